The van der Waals surface area contributed by atoms with Crippen LogP contribution in [0, 0.1) is 5.21 Å². The number of benzene rings is 1. The normalized spacial score (nSPS) is 25.8. The number of quaternary nitrogens is 1. The molecule has 12 heavy (non-hydrogen) atoms. The van der Waals surface area contributed by atoms with Gasteiger partial charge < -0.3 is 10.9 Å². The Morgan fingerprint density at radius 1 is 1.42 bits per heavy atom. The molecule has 4 N–H and O–H groups in total. The van der Waals surface area contributed by atoms with E-state index in [2.05, 4.69) is 4.99 Å². The predicted octanol–water partition coefficient (Wildman–Crippen LogP) is 0.621. The highest BCUT2D eigenvalue weighted by Crippen LogP contribution is 2.38. The zero-order valence-electron chi connectivity index (χ0n) is 6.27. The first-order valence-electron chi connectivity index (χ1n) is 3.44. The maximum atomic E-state index is 11.4. The van der Waals surface area contributed by atoms with E-state index in [-0.39, 0.29) is 0 Å². The van der Waals surface area contributed by atoms with Gasteiger partial charge >= 0.3 is 0 Å². The molecule has 5 heteroatoms. The van der Waals surface area contributed by atoms with Gasteiger partial charge in [-0.3, -0.25) is 0 Å². The Bertz CT molecular complexity index is 358. The van der Waals surface area contributed by atoms with E-state index in [1.54, 1.807) is 18.2 Å². The Labute approximate surface area is 69.1 Å². The highest BCUT2D eigenvalue weighted by Gasteiger charge is 2.25. The molecule has 0 aromatic heterocycles. The van der Waals surface area contributed by atoms with Gasteiger partial charge in [0.05, 0.1) is 5.69 Å². The fourth-order valence-corrected chi connectivity index (χ4v) is 1.18. The quantitative estimate of drug-likeness (QED) is 0.255. The summed E-state index contributed by atoms with van der Waals surface area (Å²) < 4.78 is -1.07. The number of anilines is 1. The molecule has 5 nitrogen and oxygen atoms in total. The van der Waals surface area contributed by atoms with E-state index in [9.17, 15) is 5.21 Å². The Morgan fingerprint density at radius 3 is 2.83 bits per heavy atom. The lowest BCUT2D eigenvalue weighted by Crippen LogP contribution is -2.47. The van der Waals surface area contributed by atoms with E-state index in [0.29, 0.717) is 17.1 Å². The Hall–Kier alpha value is -1.43. The van der Waals surface area contributed by atoms with Gasteiger partial charge in [0.1, 0.15) is 0 Å². The van der Waals surface area contributed by atoms with Gasteiger partial charge in [-0.2, -0.15) is 10.8 Å². The Balaban J connectivity index is 2.68. The largest absolute Gasteiger partial charge is 0.601 e. The number of hydroxylamine groups is 1. The molecule has 1 heterocycles. The third kappa shape index (κ3) is 0.814. The zero-order chi connectivity index (χ0) is 8.77. The van der Waals surface area contributed by atoms with E-state index in [1.165, 1.54) is 0 Å². The van der Waals surface area contributed by atoms with Crippen LogP contribution in [-0.2, 0) is 0 Å². The summed E-state index contributed by atoms with van der Waals surface area (Å²) in [5.41, 5.74) is 6.92. The predicted molar refractivity (Wildman–Crippen MR) is 48.4 cm³/mol. The molecule has 1 aromatic rings. The maximum absolute atomic E-state index is 11.4. The third-order valence-corrected chi connectivity index (χ3v) is 1.78. The standard InChI is InChI=1S/C7H8N4O/c8-5-2-1-3-6-7(5)10-4-11(6,9)12/h1-4H,8-9H2. The molecule has 0 aliphatic carbocycles. The van der Waals surface area contributed by atoms with E-state index < -0.39 is 4.76 Å². The number of nitrogens with two attached hydrogens (primary N) is 2. The van der Waals surface area contributed by atoms with Crippen molar-refractivity contribution in [1.82, 2.24) is 4.76 Å². The summed E-state index contributed by atoms with van der Waals surface area (Å²) in [6, 6.07) is 4.98. The molecule has 0 spiro atoms. The van der Waals surface area contributed by atoms with Crippen molar-refractivity contribution in [2.24, 2.45) is 10.8 Å². The second-order valence-electron chi connectivity index (χ2n) is 2.67. The second-order valence-corrected chi connectivity index (χ2v) is 2.67. The first kappa shape index (κ1) is 7.23. The average Bonchev–Trinajstić information content (AvgIpc) is 2.30. The van der Waals surface area contributed by atoms with Crippen LogP contribution in [0.25, 0.3) is 0 Å². The summed E-state index contributed by atoms with van der Waals surface area (Å²) in [5, 5.41) is 11.4. The fraction of sp³-hybridized carbons (Fsp3) is 0. The summed E-state index contributed by atoms with van der Waals surface area (Å²) in [6.07, 6.45) is 1.11. The summed E-state index contributed by atoms with van der Waals surface area (Å²) >= 11 is 0. The van der Waals surface area contributed by atoms with Crippen LogP contribution < -0.4 is 16.3 Å². The molecule has 62 valence electrons. The topological polar surface area (TPSA) is 87.5 Å². The van der Waals surface area contributed by atoms with Crippen molar-refractivity contribution in [1.29, 1.82) is 0 Å². The molecular formula is C7H8N4O. The van der Waals surface area contributed by atoms with Crippen LogP contribution in [0.4, 0.5) is 17.1 Å². The molecule has 0 amide bonds. The number of para-hydroxylation sites is 1. The van der Waals surface area contributed by atoms with Crippen molar-refractivity contribution < 1.29 is 0 Å². The van der Waals surface area contributed by atoms with Crippen molar-refractivity contribution in [2.45, 2.75) is 0 Å². The van der Waals surface area contributed by atoms with Crippen LogP contribution >= 0.6 is 0 Å². The minimum Gasteiger partial charge on any atom is -0.601 e. The first-order chi connectivity index (χ1) is 5.61. The number of fused-ring (bicyclic) bond motifs is 1. The molecule has 1 unspecified atom stereocenters. The van der Waals surface area contributed by atoms with Gasteiger partial charge in [-0.25, -0.2) is 4.76 Å². The highest BCUT2D eigenvalue weighted by atomic mass is 16.6. The minimum absolute atomic E-state index is 0.384. The lowest BCUT2D eigenvalue weighted by Gasteiger charge is -2.26. The number of hydrogen-bond acceptors (Lipinski definition) is 4. The van der Waals surface area contributed by atoms with Gasteiger partial charge in [0.15, 0.2) is 11.4 Å². The molecule has 0 radical (unpaired) electrons. The lowest BCUT2D eigenvalue weighted by atomic mass is 10.2. The van der Waals surface area contributed by atoms with Crippen molar-refractivity contribution in [3.05, 3.63) is 23.4 Å². The molecule has 0 saturated carbocycles. The SMILES string of the molecule is Nc1cccc2c1N=C[N+]2(N)[O-]. The zero-order valence-corrected chi connectivity index (χ0v) is 6.27. The maximum Gasteiger partial charge on any atom is 0.215 e. The van der Waals surface area contributed by atoms with Crippen LogP contribution in [-0.4, -0.2) is 6.34 Å². The average molecular weight is 164 g/mol. The number of rotatable bonds is 0. The Kier molecular flexibility index (Phi) is 1.23. The van der Waals surface area contributed by atoms with Crippen molar-refractivity contribution in [3.8, 4) is 0 Å². The monoisotopic (exact) mass is 164 g/mol. The van der Waals surface area contributed by atoms with Crippen molar-refractivity contribution >= 4 is 23.4 Å². The molecule has 1 aliphatic heterocycles. The first-order valence-corrected chi connectivity index (χ1v) is 3.44. The number of nitrogen functional groups attached to an aromatic ring is 1. The molecule has 0 saturated heterocycles. The lowest BCUT2D eigenvalue weighted by molar-refractivity contribution is 0.604. The van der Waals surface area contributed by atoms with Gasteiger partial charge in [-0.05, 0) is 6.07 Å². The summed E-state index contributed by atoms with van der Waals surface area (Å²) in [4.78, 5) is 3.84. The van der Waals surface area contributed by atoms with Crippen molar-refractivity contribution in [3.63, 3.8) is 0 Å². The van der Waals surface area contributed by atoms with Gasteiger partial charge in [-0.1, -0.05) is 6.07 Å². The molecule has 1 atom stereocenters. The molecule has 1 aliphatic rings. The summed E-state index contributed by atoms with van der Waals surface area (Å²) in [7, 11) is 0. The van der Waals surface area contributed by atoms with E-state index in [0.717, 1.165) is 6.34 Å². The van der Waals surface area contributed by atoms with Crippen molar-refractivity contribution in [2.75, 3.05) is 5.73 Å². The van der Waals surface area contributed by atoms with Crippen LogP contribution in [0.3, 0.4) is 0 Å². The van der Waals surface area contributed by atoms with E-state index >= 15 is 0 Å². The highest BCUT2D eigenvalue weighted by molar-refractivity contribution is 5.93. The minimum atomic E-state index is -1.07. The number of hydrogen-bond donors (Lipinski definition) is 2. The Morgan fingerprint density at radius 2 is 2.17 bits per heavy atom. The molecule has 1 aromatic carbocycles. The third-order valence-electron chi connectivity index (χ3n) is 1.78. The smallest absolute Gasteiger partial charge is 0.215 e. The van der Waals surface area contributed by atoms with Gasteiger partial charge in [0.2, 0.25) is 6.34 Å². The number of aliphatic imine (C=N–C) groups is 1. The van der Waals surface area contributed by atoms with Gasteiger partial charge in [0, 0.05) is 6.07 Å². The second kappa shape index (κ2) is 2.04. The summed E-state index contributed by atoms with van der Waals surface area (Å²) in [6.45, 7) is 0. The van der Waals surface area contributed by atoms with Crippen LogP contribution in [0.2, 0.25) is 0 Å². The fourth-order valence-electron chi connectivity index (χ4n) is 1.18. The summed E-state index contributed by atoms with van der Waals surface area (Å²) in [5.74, 6) is 5.34. The van der Waals surface area contributed by atoms with Crippen LogP contribution in [0.15, 0.2) is 23.2 Å². The van der Waals surface area contributed by atoms with Crippen LogP contribution in [0.1, 0.15) is 0 Å². The van der Waals surface area contributed by atoms with E-state index in [4.69, 9.17) is 11.6 Å². The van der Waals surface area contributed by atoms with E-state index in [1.807, 2.05) is 0 Å². The molecular weight excluding hydrogens is 156 g/mol. The number of nitrogens with zero attached hydrogens (tertiary/aromatic N) is 2. The van der Waals surface area contributed by atoms with Gasteiger partial charge in [0.25, 0.3) is 0 Å². The molecule has 2 rings (SSSR count). The molecule has 0 fully saturated rings. The molecule has 0 bridgehead atoms. The van der Waals surface area contributed by atoms with Gasteiger partial charge in [-0.15, -0.1) is 0 Å². The van der Waals surface area contributed by atoms with Crippen LogP contribution in [0.5, 0.6) is 0 Å².